The number of carbonyl (C=O) groups is 2. The van der Waals surface area contributed by atoms with Crippen LogP contribution in [0.4, 0.5) is 9.59 Å². The Labute approximate surface area is 171 Å². The number of methoxy groups -OCH3 is 1. The fourth-order valence-electron chi connectivity index (χ4n) is 2.85. The summed E-state index contributed by atoms with van der Waals surface area (Å²) in [4.78, 5) is 26.3. The van der Waals surface area contributed by atoms with Crippen molar-refractivity contribution in [1.82, 2.24) is 10.2 Å². The van der Waals surface area contributed by atoms with E-state index in [2.05, 4.69) is 5.32 Å². The van der Waals surface area contributed by atoms with Crippen LogP contribution in [0.25, 0.3) is 0 Å². The monoisotopic (exact) mass is 412 g/mol. The predicted molar refractivity (Wildman–Crippen MR) is 107 cm³/mol. The number of hydrogen-bond donors (Lipinski definition) is 1. The molecule has 1 saturated heterocycles. The van der Waals surface area contributed by atoms with Crippen LogP contribution in [0.15, 0.2) is 18.2 Å². The van der Waals surface area contributed by atoms with E-state index in [-0.39, 0.29) is 13.1 Å². The van der Waals surface area contributed by atoms with E-state index >= 15 is 0 Å². The number of rotatable bonds is 3. The van der Waals surface area contributed by atoms with Gasteiger partial charge in [0.2, 0.25) is 0 Å². The Balaban J connectivity index is 2.26. The SMILES string of the molecule is COc1cc(C2(NC(=O)OC(C)(C)C)CN(C(=O)OC(C)(C)C)C2)ccc1Cl. The van der Waals surface area contributed by atoms with Crippen LogP contribution in [0.5, 0.6) is 5.75 Å². The molecule has 0 radical (unpaired) electrons. The summed E-state index contributed by atoms with van der Waals surface area (Å²) >= 11 is 6.13. The topological polar surface area (TPSA) is 77.1 Å². The minimum absolute atomic E-state index is 0.242. The highest BCUT2D eigenvalue weighted by Gasteiger charge is 2.49. The molecular weight excluding hydrogens is 384 g/mol. The van der Waals surface area contributed by atoms with Gasteiger partial charge in [0, 0.05) is 0 Å². The molecular formula is C20H29ClN2O5. The maximum Gasteiger partial charge on any atom is 0.410 e. The zero-order valence-electron chi connectivity index (χ0n) is 17.5. The molecule has 28 heavy (non-hydrogen) atoms. The third-order valence-corrected chi connectivity index (χ3v) is 4.33. The van der Waals surface area contributed by atoms with Crippen LogP contribution in [-0.4, -0.2) is 48.5 Å². The van der Waals surface area contributed by atoms with Gasteiger partial charge in [-0.3, -0.25) is 0 Å². The number of nitrogens with zero attached hydrogens (tertiary/aromatic N) is 1. The molecule has 1 aromatic carbocycles. The lowest BCUT2D eigenvalue weighted by molar-refractivity contribution is -0.0230. The van der Waals surface area contributed by atoms with Crippen LogP contribution in [-0.2, 0) is 15.0 Å². The van der Waals surface area contributed by atoms with E-state index in [4.69, 9.17) is 25.8 Å². The molecule has 1 N–H and O–H groups in total. The van der Waals surface area contributed by atoms with Gasteiger partial charge >= 0.3 is 12.2 Å². The fourth-order valence-corrected chi connectivity index (χ4v) is 3.05. The molecule has 0 aliphatic carbocycles. The number of carbonyl (C=O) groups excluding carboxylic acids is 2. The first-order valence-electron chi connectivity index (χ1n) is 9.08. The zero-order valence-corrected chi connectivity index (χ0v) is 18.3. The molecule has 1 aliphatic heterocycles. The molecule has 7 nitrogen and oxygen atoms in total. The van der Waals surface area contributed by atoms with E-state index in [0.29, 0.717) is 10.8 Å². The lowest BCUT2D eigenvalue weighted by Gasteiger charge is -2.50. The third-order valence-electron chi connectivity index (χ3n) is 4.02. The Morgan fingerprint density at radius 1 is 1.07 bits per heavy atom. The van der Waals surface area contributed by atoms with Crippen LogP contribution in [0.1, 0.15) is 47.1 Å². The molecule has 0 aromatic heterocycles. The Bertz CT molecular complexity index is 746. The standard InChI is InChI=1S/C20H29ClN2O5/c1-18(2,3)27-16(24)22-20(13-8-9-14(21)15(10-13)26-7)11-23(12-20)17(25)28-19(4,5)6/h8-10H,11-12H2,1-7H3,(H,22,24). The lowest BCUT2D eigenvalue weighted by Crippen LogP contribution is -2.69. The number of alkyl carbamates (subject to hydrolysis) is 1. The Hall–Kier alpha value is -2.15. The summed E-state index contributed by atoms with van der Waals surface area (Å²) in [5.41, 5.74) is -1.30. The van der Waals surface area contributed by atoms with Crippen molar-refractivity contribution in [3.05, 3.63) is 28.8 Å². The van der Waals surface area contributed by atoms with Crippen molar-refractivity contribution < 1.29 is 23.8 Å². The Morgan fingerprint density at radius 2 is 1.64 bits per heavy atom. The molecule has 1 heterocycles. The largest absolute Gasteiger partial charge is 0.495 e. The molecule has 1 aromatic rings. The lowest BCUT2D eigenvalue weighted by atomic mass is 9.82. The number of halogens is 1. The van der Waals surface area contributed by atoms with Crippen molar-refractivity contribution in [2.24, 2.45) is 0 Å². The van der Waals surface area contributed by atoms with Crippen molar-refractivity contribution in [1.29, 1.82) is 0 Å². The quantitative estimate of drug-likeness (QED) is 0.799. The average Bonchev–Trinajstić information content (AvgIpc) is 2.47. The van der Waals surface area contributed by atoms with E-state index in [1.54, 1.807) is 59.7 Å². The van der Waals surface area contributed by atoms with E-state index in [0.717, 1.165) is 5.56 Å². The number of ether oxygens (including phenoxy) is 3. The van der Waals surface area contributed by atoms with Gasteiger partial charge in [0.15, 0.2) is 0 Å². The van der Waals surface area contributed by atoms with Crippen LogP contribution in [0.3, 0.4) is 0 Å². The summed E-state index contributed by atoms with van der Waals surface area (Å²) in [6, 6.07) is 5.26. The van der Waals surface area contributed by atoms with Gasteiger partial charge in [-0.1, -0.05) is 17.7 Å². The summed E-state index contributed by atoms with van der Waals surface area (Å²) < 4.78 is 16.1. The number of nitrogens with one attached hydrogen (secondary N) is 1. The highest BCUT2D eigenvalue weighted by atomic mass is 35.5. The molecule has 0 spiro atoms. The van der Waals surface area contributed by atoms with Gasteiger partial charge in [0.25, 0.3) is 0 Å². The molecule has 2 amide bonds. The third kappa shape index (κ3) is 5.44. The molecule has 1 aliphatic rings. The average molecular weight is 413 g/mol. The summed E-state index contributed by atoms with van der Waals surface area (Å²) in [5.74, 6) is 0.486. The number of benzene rings is 1. The molecule has 1 fully saturated rings. The highest BCUT2D eigenvalue weighted by Crippen LogP contribution is 2.37. The zero-order chi connectivity index (χ0) is 21.3. The van der Waals surface area contributed by atoms with Gasteiger partial charge < -0.3 is 24.4 Å². The second kappa shape index (κ2) is 7.70. The second-order valence-electron chi connectivity index (χ2n) is 8.89. The van der Waals surface area contributed by atoms with Crippen molar-refractivity contribution >= 4 is 23.8 Å². The molecule has 8 heteroatoms. The minimum Gasteiger partial charge on any atom is -0.495 e. The van der Waals surface area contributed by atoms with Crippen LogP contribution < -0.4 is 10.1 Å². The molecule has 156 valence electrons. The van der Waals surface area contributed by atoms with Crippen LogP contribution in [0, 0.1) is 0 Å². The summed E-state index contributed by atoms with van der Waals surface area (Å²) in [7, 11) is 1.52. The van der Waals surface area contributed by atoms with Gasteiger partial charge in [-0.15, -0.1) is 0 Å². The highest BCUT2D eigenvalue weighted by molar-refractivity contribution is 6.32. The van der Waals surface area contributed by atoms with Crippen molar-refractivity contribution in [2.45, 2.75) is 58.3 Å². The van der Waals surface area contributed by atoms with E-state index in [9.17, 15) is 9.59 Å². The molecule has 2 rings (SSSR count). The minimum atomic E-state index is -0.822. The normalized spacial score (nSPS) is 16.1. The van der Waals surface area contributed by atoms with Crippen molar-refractivity contribution in [3.63, 3.8) is 0 Å². The first-order chi connectivity index (χ1) is 12.7. The fraction of sp³-hybridized carbons (Fsp3) is 0.600. The summed E-state index contributed by atoms with van der Waals surface area (Å²) in [6.45, 7) is 11.3. The van der Waals surface area contributed by atoms with Gasteiger partial charge in [-0.25, -0.2) is 9.59 Å². The van der Waals surface area contributed by atoms with Crippen molar-refractivity contribution in [3.8, 4) is 5.75 Å². The first kappa shape index (κ1) is 22.1. The van der Waals surface area contributed by atoms with Gasteiger partial charge in [-0.2, -0.15) is 0 Å². The molecule has 0 atom stereocenters. The van der Waals surface area contributed by atoms with Gasteiger partial charge in [0.1, 0.15) is 22.5 Å². The van der Waals surface area contributed by atoms with Crippen LogP contribution >= 0.6 is 11.6 Å². The number of amides is 2. The first-order valence-corrected chi connectivity index (χ1v) is 9.46. The second-order valence-corrected chi connectivity index (χ2v) is 9.30. The molecule has 0 saturated carbocycles. The van der Waals surface area contributed by atoms with Gasteiger partial charge in [0.05, 0.1) is 25.2 Å². The molecule has 0 unspecified atom stereocenters. The van der Waals surface area contributed by atoms with Crippen molar-refractivity contribution in [2.75, 3.05) is 20.2 Å². The maximum atomic E-state index is 12.4. The molecule has 0 bridgehead atoms. The number of likely N-dealkylation sites (tertiary alicyclic amines) is 1. The summed E-state index contributed by atoms with van der Waals surface area (Å²) in [5, 5.41) is 3.37. The number of hydrogen-bond acceptors (Lipinski definition) is 5. The summed E-state index contributed by atoms with van der Waals surface area (Å²) in [6.07, 6.45) is -1.000. The van der Waals surface area contributed by atoms with Gasteiger partial charge in [-0.05, 0) is 59.2 Å². The predicted octanol–water partition coefficient (Wildman–Crippen LogP) is 4.32. The van der Waals surface area contributed by atoms with E-state index in [1.165, 1.54) is 12.0 Å². The Morgan fingerprint density at radius 3 is 2.14 bits per heavy atom. The van der Waals surface area contributed by atoms with E-state index in [1.807, 2.05) is 0 Å². The van der Waals surface area contributed by atoms with Crippen LogP contribution in [0.2, 0.25) is 5.02 Å². The maximum absolute atomic E-state index is 12.4. The smallest absolute Gasteiger partial charge is 0.410 e. The Kier molecular flexibility index (Phi) is 6.09. The van der Waals surface area contributed by atoms with E-state index < -0.39 is 28.9 Å².